The fourth-order valence-electron chi connectivity index (χ4n) is 3.97. The van der Waals surface area contributed by atoms with Gasteiger partial charge >= 0.3 is 6.03 Å². The normalized spacial score (nSPS) is 14.7. The van der Waals surface area contributed by atoms with E-state index in [2.05, 4.69) is 40.5 Å². The zero-order chi connectivity index (χ0) is 22.3. The van der Waals surface area contributed by atoms with Crippen molar-refractivity contribution < 1.29 is 4.79 Å². The third-order valence-electron chi connectivity index (χ3n) is 5.88. The molecule has 1 saturated heterocycles. The van der Waals surface area contributed by atoms with Crippen LogP contribution in [0, 0.1) is 11.3 Å². The van der Waals surface area contributed by atoms with Crippen molar-refractivity contribution in [3.63, 3.8) is 0 Å². The first-order valence-electron chi connectivity index (χ1n) is 11.0. The van der Waals surface area contributed by atoms with Crippen molar-refractivity contribution in [2.24, 2.45) is 0 Å². The summed E-state index contributed by atoms with van der Waals surface area (Å²) >= 11 is 0. The Balaban J connectivity index is 1.46. The van der Waals surface area contributed by atoms with Crippen LogP contribution in [0.4, 0.5) is 10.6 Å². The van der Waals surface area contributed by atoms with Gasteiger partial charge in [-0.05, 0) is 64.8 Å². The Morgan fingerprint density at radius 2 is 1.90 bits per heavy atom. The number of hydrogen-bond acceptors (Lipinski definition) is 5. The summed E-state index contributed by atoms with van der Waals surface area (Å²) in [5.74, 6) is 0.342. The Hall–Kier alpha value is -3.05. The summed E-state index contributed by atoms with van der Waals surface area (Å²) in [6.07, 6.45) is 4.98. The van der Waals surface area contributed by atoms with Crippen LogP contribution in [0.15, 0.2) is 30.3 Å². The van der Waals surface area contributed by atoms with E-state index in [0.29, 0.717) is 43.0 Å². The fraction of sp³-hybridized carbons (Fsp3) is 0.522. The van der Waals surface area contributed by atoms with Gasteiger partial charge in [-0.2, -0.15) is 10.4 Å². The van der Waals surface area contributed by atoms with E-state index in [9.17, 15) is 10.1 Å². The molecule has 0 aliphatic carbocycles. The van der Waals surface area contributed by atoms with Gasteiger partial charge in [0, 0.05) is 18.6 Å². The number of aryl methyl sites for hydroxylation is 1. The van der Waals surface area contributed by atoms with Gasteiger partial charge < -0.3 is 16.4 Å². The van der Waals surface area contributed by atoms with Gasteiger partial charge in [0.25, 0.3) is 0 Å². The molecular formula is C23H33N7O. The number of likely N-dealkylation sites (tertiary alicyclic amines) is 1. The smallest absolute Gasteiger partial charge is 0.314 e. The first kappa shape index (κ1) is 22.6. The minimum Gasteiger partial charge on any atom is -0.382 e. The maximum absolute atomic E-state index is 12.2. The van der Waals surface area contributed by atoms with Gasteiger partial charge in [0.15, 0.2) is 0 Å². The van der Waals surface area contributed by atoms with Crippen LogP contribution in [0.1, 0.15) is 50.8 Å². The molecule has 1 aliphatic heterocycles. The Morgan fingerprint density at radius 3 is 2.58 bits per heavy atom. The SMILES string of the molecule is CC(C)(CNC(=O)NCCCc1nn(-c2ccccc2)c(N)c1C#N)N1CCCCC1. The Labute approximate surface area is 184 Å². The molecule has 0 spiro atoms. The second kappa shape index (κ2) is 10.3. The summed E-state index contributed by atoms with van der Waals surface area (Å²) in [5, 5.41) is 19.9. The summed E-state index contributed by atoms with van der Waals surface area (Å²) in [6.45, 7) is 7.64. The van der Waals surface area contributed by atoms with Crippen LogP contribution in [0.25, 0.3) is 5.69 Å². The van der Waals surface area contributed by atoms with Gasteiger partial charge in [0.2, 0.25) is 0 Å². The average molecular weight is 424 g/mol. The van der Waals surface area contributed by atoms with Gasteiger partial charge in [0.1, 0.15) is 17.5 Å². The number of amides is 2. The second-order valence-electron chi connectivity index (χ2n) is 8.64. The van der Waals surface area contributed by atoms with E-state index in [1.807, 2.05) is 30.3 Å². The molecule has 1 fully saturated rings. The molecule has 0 unspecified atom stereocenters. The molecule has 0 bridgehead atoms. The van der Waals surface area contributed by atoms with Gasteiger partial charge in [-0.3, -0.25) is 4.90 Å². The van der Waals surface area contributed by atoms with Crippen LogP contribution in [-0.4, -0.2) is 52.4 Å². The number of carbonyl (C=O) groups excluding carboxylic acids is 1. The lowest BCUT2D eigenvalue weighted by molar-refractivity contribution is 0.0960. The summed E-state index contributed by atoms with van der Waals surface area (Å²) < 4.78 is 1.59. The number of aromatic nitrogens is 2. The third-order valence-corrected chi connectivity index (χ3v) is 5.88. The summed E-state index contributed by atoms with van der Waals surface area (Å²) in [6, 6.07) is 11.5. The molecule has 8 heteroatoms. The van der Waals surface area contributed by atoms with Gasteiger partial charge in [-0.25, -0.2) is 9.48 Å². The second-order valence-corrected chi connectivity index (χ2v) is 8.64. The number of urea groups is 1. The van der Waals surface area contributed by atoms with Crippen LogP contribution in [0.2, 0.25) is 0 Å². The molecule has 3 rings (SSSR count). The molecule has 8 nitrogen and oxygen atoms in total. The first-order valence-corrected chi connectivity index (χ1v) is 11.0. The molecular weight excluding hydrogens is 390 g/mol. The number of piperidine rings is 1. The summed E-state index contributed by atoms with van der Waals surface area (Å²) in [4.78, 5) is 14.7. The zero-order valence-corrected chi connectivity index (χ0v) is 18.5. The van der Waals surface area contributed by atoms with E-state index in [0.717, 1.165) is 18.8 Å². The number of para-hydroxylation sites is 1. The predicted molar refractivity (Wildman–Crippen MR) is 122 cm³/mol. The van der Waals surface area contributed by atoms with Crippen molar-refractivity contribution in [1.82, 2.24) is 25.3 Å². The van der Waals surface area contributed by atoms with Crippen molar-refractivity contribution in [3.05, 3.63) is 41.6 Å². The zero-order valence-electron chi connectivity index (χ0n) is 18.5. The van der Waals surface area contributed by atoms with Gasteiger partial charge in [-0.1, -0.05) is 24.6 Å². The summed E-state index contributed by atoms with van der Waals surface area (Å²) in [7, 11) is 0. The molecule has 2 aromatic rings. The Kier molecular flexibility index (Phi) is 7.53. The Morgan fingerprint density at radius 1 is 1.19 bits per heavy atom. The van der Waals surface area contributed by atoms with E-state index >= 15 is 0 Å². The highest BCUT2D eigenvalue weighted by Crippen LogP contribution is 2.21. The van der Waals surface area contributed by atoms with E-state index in [-0.39, 0.29) is 11.6 Å². The topological polar surface area (TPSA) is 112 Å². The lowest BCUT2D eigenvalue weighted by atomic mass is 9.98. The highest BCUT2D eigenvalue weighted by atomic mass is 16.2. The molecule has 0 atom stereocenters. The van der Waals surface area contributed by atoms with Crippen molar-refractivity contribution in [2.45, 2.75) is 51.5 Å². The average Bonchev–Trinajstić information content (AvgIpc) is 3.11. The van der Waals surface area contributed by atoms with Crippen LogP contribution < -0.4 is 16.4 Å². The number of carbonyl (C=O) groups is 1. The Bertz CT molecular complexity index is 908. The summed E-state index contributed by atoms with van der Waals surface area (Å²) in [5.41, 5.74) is 7.95. The van der Waals surface area contributed by atoms with Crippen molar-refractivity contribution in [3.8, 4) is 11.8 Å². The molecule has 31 heavy (non-hydrogen) atoms. The molecule has 2 amide bonds. The van der Waals surface area contributed by atoms with Gasteiger partial charge in [0.05, 0.1) is 11.4 Å². The quantitative estimate of drug-likeness (QED) is 0.565. The van der Waals surface area contributed by atoms with E-state index in [1.54, 1.807) is 4.68 Å². The van der Waals surface area contributed by atoms with Crippen molar-refractivity contribution >= 4 is 11.8 Å². The maximum Gasteiger partial charge on any atom is 0.314 e. The third kappa shape index (κ3) is 5.76. The number of nitrogens with two attached hydrogens (primary N) is 1. The van der Waals surface area contributed by atoms with Crippen LogP contribution >= 0.6 is 0 Å². The maximum atomic E-state index is 12.2. The molecule has 1 aliphatic rings. The fourth-order valence-corrected chi connectivity index (χ4v) is 3.97. The van der Waals surface area contributed by atoms with E-state index in [1.165, 1.54) is 19.3 Å². The number of nitrogens with one attached hydrogen (secondary N) is 2. The number of benzene rings is 1. The number of anilines is 1. The van der Waals surface area contributed by atoms with Gasteiger partial charge in [-0.15, -0.1) is 0 Å². The standard InChI is InChI=1S/C23H33N7O/c1-23(2,29-14-7-4-8-15-29)17-27-22(31)26-13-9-12-20-19(16-24)21(25)30(28-20)18-10-5-3-6-11-18/h3,5-6,10-11H,4,7-9,12-15,17,25H2,1-2H3,(H2,26,27,31). The van der Waals surface area contributed by atoms with Crippen LogP contribution in [-0.2, 0) is 6.42 Å². The number of nitrogens with zero attached hydrogens (tertiary/aromatic N) is 4. The van der Waals surface area contributed by atoms with Crippen LogP contribution in [0.5, 0.6) is 0 Å². The number of hydrogen-bond donors (Lipinski definition) is 3. The molecule has 4 N–H and O–H groups in total. The van der Waals surface area contributed by atoms with E-state index < -0.39 is 0 Å². The van der Waals surface area contributed by atoms with Crippen molar-refractivity contribution in [2.75, 3.05) is 31.9 Å². The minimum atomic E-state index is -0.167. The lowest BCUT2D eigenvalue weighted by Crippen LogP contribution is -2.54. The molecule has 166 valence electrons. The molecule has 1 aromatic heterocycles. The molecule has 0 saturated carbocycles. The largest absolute Gasteiger partial charge is 0.382 e. The highest BCUT2D eigenvalue weighted by molar-refractivity contribution is 5.73. The first-order chi connectivity index (χ1) is 14.9. The molecule has 1 aromatic carbocycles. The monoisotopic (exact) mass is 423 g/mol. The van der Waals surface area contributed by atoms with Crippen LogP contribution in [0.3, 0.4) is 0 Å². The minimum absolute atomic E-state index is 0.0543. The van der Waals surface area contributed by atoms with E-state index in [4.69, 9.17) is 5.73 Å². The number of nitrogen functional groups attached to an aromatic ring is 1. The van der Waals surface area contributed by atoms with Crippen molar-refractivity contribution in [1.29, 1.82) is 5.26 Å². The molecule has 2 heterocycles. The number of rotatable bonds is 8. The highest BCUT2D eigenvalue weighted by Gasteiger charge is 2.28. The number of nitriles is 1. The predicted octanol–water partition coefficient (Wildman–Crippen LogP) is 2.82. The lowest BCUT2D eigenvalue weighted by Gasteiger charge is -2.41. The molecule has 0 radical (unpaired) electrons.